The summed E-state index contributed by atoms with van der Waals surface area (Å²) in [4.78, 5) is 16.6. The van der Waals surface area contributed by atoms with E-state index < -0.39 is 0 Å². The van der Waals surface area contributed by atoms with Crippen molar-refractivity contribution in [1.82, 2.24) is 10.3 Å². The lowest BCUT2D eigenvalue weighted by Crippen LogP contribution is -2.34. The molecule has 98 valence electrons. The van der Waals surface area contributed by atoms with Crippen LogP contribution in [0.3, 0.4) is 0 Å². The molecule has 0 saturated heterocycles. The Morgan fingerprint density at radius 2 is 2.28 bits per heavy atom. The maximum Gasteiger partial charge on any atom is 0.251 e. The molecule has 2 atom stereocenters. The number of alkyl halides is 1. The first kappa shape index (κ1) is 13.5. The van der Waals surface area contributed by atoms with Crippen LogP contribution in [0.4, 0.5) is 0 Å². The average Bonchev–Trinajstić information content (AvgIpc) is 2.37. The predicted octanol–water partition coefficient (Wildman–Crippen LogP) is 3.07. The first-order valence-electron chi connectivity index (χ1n) is 6.52. The third-order valence-corrected chi connectivity index (χ3v) is 4.71. The zero-order valence-corrected chi connectivity index (χ0v) is 12.2. The molecule has 18 heavy (non-hydrogen) atoms. The van der Waals surface area contributed by atoms with Crippen LogP contribution >= 0.6 is 15.9 Å². The topological polar surface area (TPSA) is 42.0 Å². The lowest BCUT2D eigenvalue weighted by molar-refractivity contribution is 0.0944. The molecule has 0 aliphatic heterocycles. The summed E-state index contributed by atoms with van der Waals surface area (Å²) in [5, 5.41) is 3.03. The number of nitrogens with one attached hydrogen (secondary N) is 1. The summed E-state index contributed by atoms with van der Waals surface area (Å²) < 4.78 is 0. The molecule has 4 heteroatoms. The van der Waals surface area contributed by atoms with Crippen molar-refractivity contribution in [2.75, 3.05) is 6.54 Å². The number of hydrogen-bond acceptors (Lipinski definition) is 2. The highest BCUT2D eigenvalue weighted by molar-refractivity contribution is 9.09. The van der Waals surface area contributed by atoms with Gasteiger partial charge >= 0.3 is 0 Å². The highest BCUT2D eigenvalue weighted by Gasteiger charge is 2.23. The SMILES string of the molecule is Cc1cc(C(=O)NCC2CCCCC2Br)ccn1. The Labute approximate surface area is 117 Å². The smallest absolute Gasteiger partial charge is 0.251 e. The molecule has 2 unspecified atom stereocenters. The number of hydrogen-bond donors (Lipinski definition) is 1. The molecule has 1 aromatic rings. The van der Waals surface area contributed by atoms with Crippen molar-refractivity contribution in [3.63, 3.8) is 0 Å². The van der Waals surface area contributed by atoms with Crippen molar-refractivity contribution >= 4 is 21.8 Å². The van der Waals surface area contributed by atoms with Crippen molar-refractivity contribution in [3.8, 4) is 0 Å². The Balaban J connectivity index is 1.88. The molecule has 1 heterocycles. The van der Waals surface area contributed by atoms with Crippen LogP contribution in [0.25, 0.3) is 0 Å². The van der Waals surface area contributed by atoms with Gasteiger partial charge in [-0.25, -0.2) is 0 Å². The van der Waals surface area contributed by atoms with Crippen molar-refractivity contribution in [1.29, 1.82) is 0 Å². The largest absolute Gasteiger partial charge is 0.352 e. The van der Waals surface area contributed by atoms with E-state index in [-0.39, 0.29) is 5.91 Å². The van der Waals surface area contributed by atoms with Crippen LogP contribution in [0.5, 0.6) is 0 Å². The normalized spacial score (nSPS) is 23.7. The fourth-order valence-electron chi connectivity index (χ4n) is 2.41. The summed E-state index contributed by atoms with van der Waals surface area (Å²) >= 11 is 3.71. The standard InChI is InChI=1S/C14H19BrN2O/c1-10-8-11(6-7-16-10)14(18)17-9-12-4-2-3-5-13(12)15/h6-8,12-13H,2-5,9H2,1H3,(H,17,18). The van der Waals surface area contributed by atoms with Crippen molar-refractivity contribution < 1.29 is 4.79 Å². The van der Waals surface area contributed by atoms with Crippen LogP contribution < -0.4 is 5.32 Å². The van der Waals surface area contributed by atoms with E-state index in [2.05, 4.69) is 26.2 Å². The quantitative estimate of drug-likeness (QED) is 0.872. The Hall–Kier alpha value is -0.900. The van der Waals surface area contributed by atoms with Gasteiger partial charge in [-0.1, -0.05) is 28.8 Å². The molecule has 1 aromatic heterocycles. The Morgan fingerprint density at radius 3 is 3.00 bits per heavy atom. The van der Waals surface area contributed by atoms with E-state index in [0.29, 0.717) is 16.3 Å². The first-order chi connectivity index (χ1) is 8.66. The number of nitrogens with zero attached hydrogens (tertiary/aromatic N) is 1. The van der Waals surface area contributed by atoms with Gasteiger partial charge in [-0.15, -0.1) is 0 Å². The molecule has 1 N–H and O–H groups in total. The summed E-state index contributed by atoms with van der Waals surface area (Å²) in [5.74, 6) is 0.566. The fourth-order valence-corrected chi connectivity index (χ4v) is 3.18. The van der Waals surface area contributed by atoms with Crippen molar-refractivity contribution in [2.24, 2.45) is 5.92 Å². The minimum atomic E-state index is 0.00535. The second kappa shape index (κ2) is 6.32. The number of aromatic nitrogens is 1. The Bertz CT molecular complexity index is 422. The molecular weight excluding hydrogens is 292 g/mol. The lowest BCUT2D eigenvalue weighted by Gasteiger charge is -2.27. The molecule has 1 amide bonds. The summed E-state index contributed by atoms with van der Waals surface area (Å²) in [6.45, 7) is 2.66. The molecule has 0 aromatic carbocycles. The van der Waals surface area contributed by atoms with E-state index in [0.717, 1.165) is 12.2 Å². The second-order valence-corrected chi connectivity index (χ2v) is 6.13. The summed E-state index contributed by atoms with van der Waals surface area (Å²) in [7, 11) is 0. The molecule has 3 nitrogen and oxygen atoms in total. The van der Waals surface area contributed by atoms with Crippen LogP contribution in [0, 0.1) is 12.8 Å². The van der Waals surface area contributed by atoms with E-state index in [9.17, 15) is 4.79 Å². The predicted molar refractivity (Wildman–Crippen MR) is 76.0 cm³/mol. The fraction of sp³-hybridized carbons (Fsp3) is 0.571. The molecule has 1 saturated carbocycles. The first-order valence-corrected chi connectivity index (χ1v) is 7.43. The third-order valence-electron chi connectivity index (χ3n) is 3.50. The van der Waals surface area contributed by atoms with Gasteiger partial charge in [0.2, 0.25) is 0 Å². The Morgan fingerprint density at radius 1 is 1.50 bits per heavy atom. The third kappa shape index (κ3) is 3.55. The monoisotopic (exact) mass is 310 g/mol. The van der Waals surface area contributed by atoms with E-state index in [4.69, 9.17) is 0 Å². The number of rotatable bonds is 3. The number of carbonyl (C=O) groups excluding carboxylic acids is 1. The molecule has 0 radical (unpaired) electrons. The molecular formula is C14H19BrN2O. The van der Waals surface area contributed by atoms with E-state index in [1.165, 1.54) is 25.7 Å². The second-order valence-electron chi connectivity index (χ2n) is 4.96. The number of carbonyl (C=O) groups is 1. The molecule has 2 rings (SSSR count). The van der Waals surface area contributed by atoms with Crippen LogP contribution in [0.1, 0.15) is 41.7 Å². The number of halogens is 1. The van der Waals surface area contributed by atoms with Gasteiger partial charge in [0.15, 0.2) is 0 Å². The van der Waals surface area contributed by atoms with Gasteiger partial charge in [-0.3, -0.25) is 9.78 Å². The van der Waals surface area contributed by atoms with Gasteiger partial charge in [0, 0.05) is 28.8 Å². The zero-order valence-electron chi connectivity index (χ0n) is 10.7. The van der Waals surface area contributed by atoms with Gasteiger partial charge < -0.3 is 5.32 Å². The van der Waals surface area contributed by atoms with Gasteiger partial charge in [-0.05, 0) is 37.8 Å². The summed E-state index contributed by atoms with van der Waals surface area (Å²) in [6, 6.07) is 3.58. The highest BCUT2D eigenvalue weighted by Crippen LogP contribution is 2.29. The maximum absolute atomic E-state index is 12.0. The Kier molecular flexibility index (Phi) is 4.75. The molecule has 1 aliphatic rings. The molecule has 0 spiro atoms. The average molecular weight is 311 g/mol. The van der Waals surface area contributed by atoms with Gasteiger partial charge in [0.05, 0.1) is 0 Å². The van der Waals surface area contributed by atoms with Crippen LogP contribution in [-0.4, -0.2) is 22.3 Å². The van der Waals surface area contributed by atoms with Crippen LogP contribution in [-0.2, 0) is 0 Å². The van der Waals surface area contributed by atoms with E-state index in [1.807, 2.05) is 13.0 Å². The number of pyridine rings is 1. The van der Waals surface area contributed by atoms with Crippen LogP contribution in [0.15, 0.2) is 18.3 Å². The van der Waals surface area contributed by atoms with Gasteiger partial charge in [0.25, 0.3) is 5.91 Å². The minimum absolute atomic E-state index is 0.00535. The maximum atomic E-state index is 12.0. The summed E-state index contributed by atoms with van der Waals surface area (Å²) in [6.07, 6.45) is 6.67. The molecule has 1 fully saturated rings. The lowest BCUT2D eigenvalue weighted by atomic mass is 9.89. The van der Waals surface area contributed by atoms with E-state index in [1.54, 1.807) is 12.3 Å². The van der Waals surface area contributed by atoms with Crippen molar-refractivity contribution in [3.05, 3.63) is 29.6 Å². The molecule has 1 aliphatic carbocycles. The zero-order chi connectivity index (χ0) is 13.0. The minimum Gasteiger partial charge on any atom is -0.352 e. The van der Waals surface area contributed by atoms with Crippen molar-refractivity contribution in [2.45, 2.75) is 37.4 Å². The van der Waals surface area contributed by atoms with Gasteiger partial charge in [0.1, 0.15) is 0 Å². The summed E-state index contributed by atoms with van der Waals surface area (Å²) in [5.41, 5.74) is 1.57. The number of aryl methyl sites for hydroxylation is 1. The van der Waals surface area contributed by atoms with Crippen LogP contribution in [0.2, 0.25) is 0 Å². The van der Waals surface area contributed by atoms with E-state index >= 15 is 0 Å². The highest BCUT2D eigenvalue weighted by atomic mass is 79.9. The molecule has 0 bridgehead atoms. The van der Waals surface area contributed by atoms with Gasteiger partial charge in [-0.2, -0.15) is 0 Å². The number of amides is 1.